The minimum atomic E-state index is -0.618. The molecule has 0 aliphatic rings. The van der Waals surface area contributed by atoms with Crippen molar-refractivity contribution in [3.63, 3.8) is 0 Å². The number of rotatable bonds is 5. The zero-order valence-electron chi connectivity index (χ0n) is 10.5. The number of hydrogen-bond acceptors (Lipinski definition) is 7. The Labute approximate surface area is 118 Å². The fourth-order valence-electron chi connectivity index (χ4n) is 1.55. The highest BCUT2D eigenvalue weighted by atomic mass is 16.6. The number of nitro benzene ring substituents is 2. The normalized spacial score (nSPS) is 9.90. The molecule has 0 saturated carbocycles. The van der Waals surface area contributed by atoms with E-state index in [-0.39, 0.29) is 22.8 Å². The molecule has 21 heavy (non-hydrogen) atoms. The molecule has 0 amide bonds. The van der Waals surface area contributed by atoms with Crippen LogP contribution in [0.25, 0.3) is 0 Å². The van der Waals surface area contributed by atoms with Crippen molar-refractivity contribution in [1.82, 2.24) is 0 Å². The highest BCUT2D eigenvalue weighted by Gasteiger charge is 2.10. The molecular formula is C12H10N4O5. The highest BCUT2D eigenvalue weighted by Crippen LogP contribution is 2.28. The van der Waals surface area contributed by atoms with Gasteiger partial charge in [0.25, 0.3) is 11.4 Å². The second-order valence-corrected chi connectivity index (χ2v) is 4.01. The first-order chi connectivity index (χ1) is 9.97. The average Bonchev–Trinajstić information content (AvgIpc) is 2.46. The maximum Gasteiger partial charge on any atom is 0.273 e. The summed E-state index contributed by atoms with van der Waals surface area (Å²) in [7, 11) is 0. The Morgan fingerprint density at radius 2 is 1.43 bits per heavy atom. The third-order valence-electron chi connectivity index (χ3n) is 2.61. The zero-order chi connectivity index (χ0) is 15.4. The standard InChI is InChI=1S/C12H10N4O5/c17-12-7-10(16(20)21)5-6-11(12)14-13-8-1-3-9(4-2-8)15(18)19/h1-7,13-14,17H. The van der Waals surface area contributed by atoms with Crippen LogP contribution in [0.4, 0.5) is 22.7 Å². The molecule has 108 valence electrons. The second-order valence-electron chi connectivity index (χ2n) is 4.01. The maximum atomic E-state index is 10.5. The van der Waals surface area contributed by atoms with E-state index >= 15 is 0 Å². The van der Waals surface area contributed by atoms with Gasteiger partial charge in [0, 0.05) is 18.2 Å². The molecule has 2 aromatic rings. The Bertz CT molecular complexity index is 687. The predicted molar refractivity (Wildman–Crippen MR) is 75.1 cm³/mol. The fraction of sp³-hybridized carbons (Fsp3) is 0. The summed E-state index contributed by atoms with van der Waals surface area (Å²) in [6, 6.07) is 9.19. The minimum absolute atomic E-state index is 0.0428. The number of aromatic hydroxyl groups is 1. The second kappa shape index (κ2) is 5.74. The van der Waals surface area contributed by atoms with Crippen LogP contribution in [0.2, 0.25) is 0 Å². The number of nitrogens with zero attached hydrogens (tertiary/aromatic N) is 2. The first-order valence-corrected chi connectivity index (χ1v) is 5.71. The van der Waals surface area contributed by atoms with Crippen LogP contribution in [0.1, 0.15) is 0 Å². The molecule has 0 saturated heterocycles. The minimum Gasteiger partial charge on any atom is -0.505 e. The van der Waals surface area contributed by atoms with Gasteiger partial charge in [0.15, 0.2) is 0 Å². The molecule has 2 aromatic carbocycles. The van der Waals surface area contributed by atoms with Gasteiger partial charge in [-0.1, -0.05) is 0 Å². The molecular weight excluding hydrogens is 280 g/mol. The smallest absolute Gasteiger partial charge is 0.273 e. The van der Waals surface area contributed by atoms with Crippen molar-refractivity contribution in [3.05, 3.63) is 62.7 Å². The van der Waals surface area contributed by atoms with E-state index in [9.17, 15) is 25.3 Å². The van der Waals surface area contributed by atoms with E-state index in [4.69, 9.17) is 0 Å². The molecule has 0 aliphatic heterocycles. The van der Waals surface area contributed by atoms with E-state index in [1.807, 2.05) is 0 Å². The number of phenols is 1. The van der Waals surface area contributed by atoms with Crippen LogP contribution < -0.4 is 10.9 Å². The van der Waals surface area contributed by atoms with Crippen molar-refractivity contribution in [2.24, 2.45) is 0 Å². The van der Waals surface area contributed by atoms with Crippen LogP contribution in [0.3, 0.4) is 0 Å². The topological polar surface area (TPSA) is 131 Å². The van der Waals surface area contributed by atoms with Crippen LogP contribution in [-0.4, -0.2) is 15.0 Å². The van der Waals surface area contributed by atoms with Gasteiger partial charge in [0.05, 0.1) is 27.3 Å². The largest absolute Gasteiger partial charge is 0.505 e. The summed E-state index contributed by atoms with van der Waals surface area (Å²) in [5, 5.41) is 30.7. The van der Waals surface area contributed by atoms with Gasteiger partial charge in [-0.15, -0.1) is 0 Å². The molecule has 0 spiro atoms. The van der Waals surface area contributed by atoms with Crippen LogP contribution in [0, 0.1) is 20.2 Å². The molecule has 0 radical (unpaired) electrons. The Hall–Kier alpha value is -3.36. The van der Waals surface area contributed by atoms with Crippen molar-refractivity contribution < 1.29 is 15.0 Å². The van der Waals surface area contributed by atoms with E-state index in [1.54, 1.807) is 0 Å². The molecule has 2 rings (SSSR count). The molecule has 0 bridgehead atoms. The summed E-state index contributed by atoms with van der Waals surface area (Å²) in [6.45, 7) is 0. The summed E-state index contributed by atoms with van der Waals surface area (Å²) >= 11 is 0. The molecule has 0 aromatic heterocycles. The molecule has 0 atom stereocenters. The Balaban J connectivity index is 2.06. The summed E-state index contributed by atoms with van der Waals surface area (Å²) < 4.78 is 0. The van der Waals surface area contributed by atoms with E-state index in [2.05, 4.69) is 10.9 Å². The molecule has 3 N–H and O–H groups in total. The van der Waals surface area contributed by atoms with E-state index in [0.717, 1.165) is 6.07 Å². The van der Waals surface area contributed by atoms with Gasteiger partial charge in [-0.05, 0) is 18.2 Å². The third-order valence-corrected chi connectivity index (χ3v) is 2.61. The lowest BCUT2D eigenvalue weighted by atomic mass is 10.2. The number of nitrogens with one attached hydrogen (secondary N) is 2. The van der Waals surface area contributed by atoms with Crippen molar-refractivity contribution in [2.45, 2.75) is 0 Å². The third kappa shape index (κ3) is 3.35. The number of hydrogen-bond donors (Lipinski definition) is 3. The molecule has 9 nitrogen and oxygen atoms in total. The molecule has 0 aliphatic carbocycles. The first kappa shape index (κ1) is 14.1. The summed E-state index contributed by atoms with van der Waals surface area (Å²) in [6.07, 6.45) is 0. The van der Waals surface area contributed by atoms with Crippen molar-refractivity contribution >= 4 is 22.7 Å². The van der Waals surface area contributed by atoms with Gasteiger partial charge in [-0.2, -0.15) is 0 Å². The van der Waals surface area contributed by atoms with Crippen molar-refractivity contribution in [1.29, 1.82) is 0 Å². The summed E-state index contributed by atoms with van der Waals surface area (Å²) in [4.78, 5) is 19.9. The number of nitro groups is 2. The number of phenolic OH excluding ortho intramolecular Hbond substituents is 1. The Morgan fingerprint density at radius 1 is 0.857 bits per heavy atom. The summed E-state index contributed by atoms with van der Waals surface area (Å²) in [5.74, 6) is -0.293. The van der Waals surface area contributed by atoms with Gasteiger partial charge in [0.1, 0.15) is 5.75 Å². The highest BCUT2D eigenvalue weighted by molar-refractivity contribution is 5.63. The van der Waals surface area contributed by atoms with E-state index in [0.29, 0.717) is 5.69 Å². The van der Waals surface area contributed by atoms with Gasteiger partial charge in [-0.3, -0.25) is 25.7 Å². The molecule has 0 heterocycles. The lowest BCUT2D eigenvalue weighted by Gasteiger charge is -2.10. The molecule has 0 unspecified atom stereocenters. The molecule has 9 heteroatoms. The van der Waals surface area contributed by atoms with Gasteiger partial charge in [0.2, 0.25) is 0 Å². The van der Waals surface area contributed by atoms with Crippen LogP contribution in [0.5, 0.6) is 5.75 Å². The number of benzene rings is 2. The monoisotopic (exact) mass is 290 g/mol. The fourth-order valence-corrected chi connectivity index (χ4v) is 1.55. The van der Waals surface area contributed by atoms with E-state index < -0.39 is 9.85 Å². The van der Waals surface area contributed by atoms with Gasteiger partial charge in [-0.25, -0.2) is 0 Å². The predicted octanol–water partition coefficient (Wildman–Crippen LogP) is 2.65. The van der Waals surface area contributed by atoms with Crippen LogP contribution in [0.15, 0.2) is 42.5 Å². The SMILES string of the molecule is O=[N+]([O-])c1ccc(NNc2ccc([N+](=O)[O-])cc2O)cc1. The molecule has 0 fully saturated rings. The first-order valence-electron chi connectivity index (χ1n) is 5.71. The van der Waals surface area contributed by atoms with Crippen molar-refractivity contribution in [2.75, 3.05) is 10.9 Å². The van der Waals surface area contributed by atoms with Gasteiger partial charge >= 0.3 is 0 Å². The van der Waals surface area contributed by atoms with Gasteiger partial charge < -0.3 is 10.5 Å². The Morgan fingerprint density at radius 3 is 1.95 bits per heavy atom. The number of anilines is 2. The van der Waals surface area contributed by atoms with Crippen LogP contribution >= 0.6 is 0 Å². The van der Waals surface area contributed by atoms with Crippen molar-refractivity contribution in [3.8, 4) is 5.75 Å². The maximum absolute atomic E-state index is 10.5. The van der Waals surface area contributed by atoms with Crippen LogP contribution in [-0.2, 0) is 0 Å². The average molecular weight is 290 g/mol. The summed E-state index contributed by atoms with van der Waals surface area (Å²) in [5.41, 5.74) is 5.86. The zero-order valence-corrected chi connectivity index (χ0v) is 10.5. The lowest BCUT2D eigenvalue weighted by Crippen LogP contribution is -2.08. The van der Waals surface area contributed by atoms with E-state index in [1.165, 1.54) is 36.4 Å². The Kier molecular flexibility index (Phi) is 3.84. The number of hydrazine groups is 1. The lowest BCUT2D eigenvalue weighted by molar-refractivity contribution is -0.385. The number of non-ortho nitro benzene ring substituents is 2. The quantitative estimate of drug-likeness (QED) is 0.438.